The van der Waals surface area contributed by atoms with E-state index in [0.717, 1.165) is 0 Å². The van der Waals surface area contributed by atoms with Gasteiger partial charge >= 0.3 is 12.1 Å². The Morgan fingerprint density at radius 1 is 0.897 bits per heavy atom. The predicted octanol–water partition coefficient (Wildman–Crippen LogP) is 6.20. The Morgan fingerprint density at radius 3 is 2.15 bits per heavy atom. The number of carbonyl (C=O) groups excluding carboxylic acids is 3. The van der Waals surface area contributed by atoms with Crippen molar-refractivity contribution in [2.24, 2.45) is 5.92 Å². The smallest absolute Gasteiger partial charge is 0.419 e. The number of rotatable bonds is 7. The van der Waals surface area contributed by atoms with Crippen LogP contribution in [0.25, 0.3) is 0 Å². The zero-order valence-corrected chi connectivity index (χ0v) is 21.5. The molecule has 0 aromatic heterocycles. The molecule has 200 valence electrons. The zero-order valence-electron chi connectivity index (χ0n) is 21.5. The van der Waals surface area contributed by atoms with Crippen molar-refractivity contribution in [3.8, 4) is 5.75 Å². The molecule has 0 N–H and O–H groups in total. The van der Waals surface area contributed by atoms with Gasteiger partial charge in [0, 0.05) is 6.42 Å². The van der Waals surface area contributed by atoms with E-state index < -0.39 is 30.2 Å². The highest BCUT2D eigenvalue weighted by Crippen LogP contribution is 2.36. The quantitative estimate of drug-likeness (QED) is 0.338. The zero-order chi connectivity index (χ0) is 27.2. The molecule has 39 heavy (non-hydrogen) atoms. The summed E-state index contributed by atoms with van der Waals surface area (Å²) < 4.78 is 22.6. The average Bonchev–Trinajstić information content (AvgIpc) is 2.96. The Morgan fingerprint density at radius 2 is 1.54 bits per heavy atom. The van der Waals surface area contributed by atoms with E-state index in [2.05, 4.69) is 0 Å². The minimum absolute atomic E-state index is 0.106. The number of Topliss-reactive ketones (excluding diaryl/α,β-unsaturated/α-hetero) is 1. The maximum Gasteiger partial charge on any atom is 0.419 e. The van der Waals surface area contributed by atoms with Crippen molar-refractivity contribution < 1.29 is 33.3 Å². The summed E-state index contributed by atoms with van der Waals surface area (Å²) >= 11 is 0. The van der Waals surface area contributed by atoms with Crippen molar-refractivity contribution in [1.29, 1.82) is 0 Å². The molecule has 8 nitrogen and oxygen atoms in total. The van der Waals surface area contributed by atoms with E-state index in [1.807, 2.05) is 60.7 Å². The van der Waals surface area contributed by atoms with Gasteiger partial charge in [0.15, 0.2) is 0 Å². The summed E-state index contributed by atoms with van der Waals surface area (Å²) in [7, 11) is 0. The molecule has 1 heterocycles. The number of carbonyl (C=O) groups is 3. The van der Waals surface area contributed by atoms with E-state index in [1.54, 1.807) is 31.2 Å². The fraction of sp³-hybridized carbons (Fsp3) is 0.258. The standard InChI is InChI=1S/C31H29NO7/c1-2-36-30(34)21-13-15-24(16-14-21)38-28-20-37-27-19-25(17-18-26(27)29(28)33)39-31(35)32(22-9-5-3-6-10-22)23-11-7-4-8-12-23/h3-16,20,25-27H,2,17-19H2,1H3. The summed E-state index contributed by atoms with van der Waals surface area (Å²) in [6, 6.07) is 25.0. The molecule has 1 aliphatic carbocycles. The number of allylic oxidation sites excluding steroid dienone is 1. The van der Waals surface area contributed by atoms with Gasteiger partial charge < -0.3 is 18.9 Å². The summed E-state index contributed by atoms with van der Waals surface area (Å²) in [5.74, 6) is -0.445. The first-order chi connectivity index (χ1) is 19.0. The molecule has 8 heteroatoms. The van der Waals surface area contributed by atoms with Crippen LogP contribution in [0.3, 0.4) is 0 Å². The third kappa shape index (κ3) is 5.95. The Kier molecular flexibility index (Phi) is 7.91. The molecule has 1 fully saturated rings. The van der Waals surface area contributed by atoms with Crippen LogP contribution in [0.2, 0.25) is 0 Å². The molecule has 0 saturated heterocycles. The molecule has 5 rings (SSSR count). The van der Waals surface area contributed by atoms with Crippen LogP contribution in [0.4, 0.5) is 16.2 Å². The fourth-order valence-corrected chi connectivity index (χ4v) is 4.82. The minimum Gasteiger partial charge on any atom is -0.493 e. The second kappa shape index (κ2) is 11.9. The largest absolute Gasteiger partial charge is 0.493 e. The first-order valence-electron chi connectivity index (χ1n) is 13.0. The number of hydrogen-bond acceptors (Lipinski definition) is 7. The lowest BCUT2D eigenvalue weighted by Crippen LogP contribution is -2.44. The van der Waals surface area contributed by atoms with Gasteiger partial charge in [0.2, 0.25) is 11.5 Å². The highest BCUT2D eigenvalue weighted by atomic mass is 16.6. The molecule has 3 atom stereocenters. The molecule has 0 radical (unpaired) electrons. The third-order valence-electron chi connectivity index (χ3n) is 6.75. The monoisotopic (exact) mass is 527 g/mol. The first-order valence-corrected chi connectivity index (χ1v) is 13.0. The van der Waals surface area contributed by atoms with Crippen molar-refractivity contribution in [3.05, 3.63) is 103 Å². The molecule has 3 aromatic carbocycles. The van der Waals surface area contributed by atoms with Gasteiger partial charge in [0.05, 0.1) is 29.5 Å². The summed E-state index contributed by atoms with van der Waals surface area (Å²) in [5.41, 5.74) is 1.80. The molecule has 0 bridgehead atoms. The molecular formula is C31H29NO7. The maximum absolute atomic E-state index is 13.3. The molecule has 1 saturated carbocycles. The van der Waals surface area contributed by atoms with Crippen molar-refractivity contribution in [1.82, 2.24) is 0 Å². The number of amides is 1. The predicted molar refractivity (Wildman–Crippen MR) is 144 cm³/mol. The SMILES string of the molecule is CCOC(=O)c1ccc(OC2=COC3CC(OC(=O)N(c4ccccc4)c4ccccc4)CCC3C2=O)cc1. The van der Waals surface area contributed by atoms with Crippen LogP contribution in [-0.4, -0.2) is 36.7 Å². The second-order valence-corrected chi connectivity index (χ2v) is 9.30. The second-order valence-electron chi connectivity index (χ2n) is 9.30. The number of anilines is 2. The maximum atomic E-state index is 13.3. The Bertz CT molecular complexity index is 1300. The van der Waals surface area contributed by atoms with Gasteiger partial charge in [-0.25, -0.2) is 14.5 Å². The number of ketones is 1. The number of ether oxygens (including phenoxy) is 4. The van der Waals surface area contributed by atoms with Crippen LogP contribution in [-0.2, 0) is 19.0 Å². The van der Waals surface area contributed by atoms with Crippen molar-refractivity contribution >= 4 is 29.2 Å². The fourth-order valence-electron chi connectivity index (χ4n) is 4.82. The van der Waals surface area contributed by atoms with Crippen LogP contribution in [0.1, 0.15) is 36.5 Å². The Balaban J connectivity index is 1.22. The topological polar surface area (TPSA) is 91.4 Å². The lowest BCUT2D eigenvalue weighted by Gasteiger charge is -2.37. The van der Waals surface area contributed by atoms with Crippen molar-refractivity contribution in [2.45, 2.75) is 38.4 Å². The highest BCUT2D eigenvalue weighted by molar-refractivity contribution is 5.97. The number of fused-ring (bicyclic) bond motifs is 1. The normalized spacial score (nSPS) is 20.1. The van der Waals surface area contributed by atoms with Gasteiger partial charge in [-0.1, -0.05) is 36.4 Å². The third-order valence-corrected chi connectivity index (χ3v) is 6.75. The van der Waals surface area contributed by atoms with Crippen LogP contribution < -0.4 is 9.64 Å². The molecule has 3 aromatic rings. The van der Waals surface area contributed by atoms with Crippen molar-refractivity contribution in [3.63, 3.8) is 0 Å². The van der Waals surface area contributed by atoms with E-state index in [9.17, 15) is 14.4 Å². The lowest BCUT2D eigenvalue weighted by atomic mass is 9.80. The number of esters is 1. The summed E-state index contributed by atoms with van der Waals surface area (Å²) in [6.07, 6.45) is 1.47. The molecular weight excluding hydrogens is 498 g/mol. The molecule has 1 amide bonds. The van der Waals surface area contributed by atoms with E-state index in [1.165, 1.54) is 11.2 Å². The van der Waals surface area contributed by atoms with E-state index in [0.29, 0.717) is 42.0 Å². The van der Waals surface area contributed by atoms with Gasteiger partial charge in [-0.3, -0.25) is 4.79 Å². The Labute approximate surface area is 226 Å². The summed E-state index contributed by atoms with van der Waals surface area (Å²) in [6.45, 7) is 2.03. The molecule has 2 aliphatic rings. The number of hydrogen-bond donors (Lipinski definition) is 0. The van der Waals surface area contributed by atoms with Gasteiger partial charge in [0.1, 0.15) is 24.2 Å². The molecule has 3 unspecified atom stereocenters. The van der Waals surface area contributed by atoms with E-state index in [4.69, 9.17) is 18.9 Å². The number of nitrogens with zero attached hydrogens (tertiary/aromatic N) is 1. The highest BCUT2D eigenvalue weighted by Gasteiger charge is 2.42. The molecule has 1 aliphatic heterocycles. The van der Waals surface area contributed by atoms with Crippen molar-refractivity contribution in [2.75, 3.05) is 11.5 Å². The van der Waals surface area contributed by atoms with E-state index in [-0.39, 0.29) is 18.1 Å². The van der Waals surface area contributed by atoms with Gasteiger partial charge in [-0.15, -0.1) is 0 Å². The Hall–Kier alpha value is -4.59. The van der Waals surface area contributed by atoms with Crippen LogP contribution in [0.15, 0.2) is 97.0 Å². The average molecular weight is 528 g/mol. The van der Waals surface area contributed by atoms with Crippen LogP contribution in [0.5, 0.6) is 5.75 Å². The summed E-state index contributed by atoms with van der Waals surface area (Å²) in [4.78, 5) is 39.9. The summed E-state index contributed by atoms with van der Waals surface area (Å²) in [5, 5.41) is 0. The number of benzene rings is 3. The minimum atomic E-state index is -0.483. The van der Waals surface area contributed by atoms with Gasteiger partial charge in [-0.2, -0.15) is 0 Å². The van der Waals surface area contributed by atoms with Gasteiger partial charge in [-0.05, 0) is 68.3 Å². The molecule has 0 spiro atoms. The van der Waals surface area contributed by atoms with Gasteiger partial charge in [0.25, 0.3) is 0 Å². The van der Waals surface area contributed by atoms with E-state index >= 15 is 0 Å². The lowest BCUT2D eigenvalue weighted by molar-refractivity contribution is -0.132. The van der Waals surface area contributed by atoms with Crippen LogP contribution >= 0.6 is 0 Å². The van der Waals surface area contributed by atoms with Crippen LogP contribution in [0, 0.1) is 5.92 Å². The number of para-hydroxylation sites is 2. The first kappa shape index (κ1) is 26.0.